The lowest BCUT2D eigenvalue weighted by Crippen LogP contribution is -2.21. The number of anilines is 1. The van der Waals surface area contributed by atoms with Crippen molar-refractivity contribution in [3.8, 4) is 11.4 Å². The second-order valence-corrected chi connectivity index (χ2v) is 5.12. The van der Waals surface area contributed by atoms with Crippen LogP contribution in [-0.2, 0) is 6.42 Å². The molecule has 0 atom stereocenters. The molecule has 0 bridgehead atoms. The molecule has 1 aliphatic heterocycles. The summed E-state index contributed by atoms with van der Waals surface area (Å²) in [5.74, 6) is 0.575. The first-order valence-corrected chi connectivity index (χ1v) is 6.80. The number of fused-ring (bicyclic) bond motifs is 2. The fourth-order valence-electron chi connectivity index (χ4n) is 2.69. The van der Waals surface area contributed by atoms with Gasteiger partial charge in [0.05, 0.1) is 0 Å². The molecule has 7 nitrogen and oxygen atoms in total. The molecule has 0 fully saturated rings. The van der Waals surface area contributed by atoms with Crippen molar-refractivity contribution in [2.24, 2.45) is 0 Å². The van der Waals surface area contributed by atoms with Gasteiger partial charge < -0.3 is 10.3 Å². The van der Waals surface area contributed by atoms with Crippen LogP contribution in [0.1, 0.15) is 12.0 Å². The monoisotopic (exact) mass is 283 g/mol. The zero-order valence-corrected chi connectivity index (χ0v) is 11.1. The van der Waals surface area contributed by atoms with Gasteiger partial charge in [0, 0.05) is 17.8 Å². The predicted molar refractivity (Wildman–Crippen MR) is 79.6 cm³/mol. The Morgan fingerprint density at radius 3 is 2.90 bits per heavy atom. The molecule has 106 valence electrons. The number of rotatable bonds is 1. The zero-order valence-electron chi connectivity index (χ0n) is 11.1. The van der Waals surface area contributed by atoms with Gasteiger partial charge in [0.15, 0.2) is 5.65 Å². The molecule has 4 N–H and O–H groups in total. The Morgan fingerprint density at radius 1 is 1.10 bits per heavy atom. The van der Waals surface area contributed by atoms with E-state index in [9.17, 15) is 9.59 Å². The second kappa shape index (κ2) is 4.34. The minimum atomic E-state index is -0.555. The summed E-state index contributed by atoms with van der Waals surface area (Å²) in [6.07, 6.45) is 2.12. The number of aromatic nitrogens is 4. The van der Waals surface area contributed by atoms with E-state index in [1.807, 2.05) is 12.1 Å². The third kappa shape index (κ3) is 1.94. The molecule has 21 heavy (non-hydrogen) atoms. The maximum absolute atomic E-state index is 11.7. The summed E-state index contributed by atoms with van der Waals surface area (Å²) in [6.45, 7) is 0.994. The zero-order chi connectivity index (χ0) is 14.4. The quantitative estimate of drug-likeness (QED) is 0.533. The lowest BCUT2D eigenvalue weighted by Gasteiger charge is -2.18. The average molecular weight is 283 g/mol. The van der Waals surface area contributed by atoms with Crippen LogP contribution in [0.25, 0.3) is 22.6 Å². The van der Waals surface area contributed by atoms with Crippen molar-refractivity contribution in [1.29, 1.82) is 0 Å². The molecule has 3 aromatic rings. The van der Waals surface area contributed by atoms with Crippen LogP contribution < -0.4 is 16.6 Å². The van der Waals surface area contributed by atoms with Gasteiger partial charge >= 0.3 is 5.69 Å². The number of aromatic amines is 3. The van der Waals surface area contributed by atoms with E-state index in [1.165, 1.54) is 5.56 Å². The third-order valence-corrected chi connectivity index (χ3v) is 3.71. The maximum Gasteiger partial charge on any atom is 0.327 e. The molecule has 0 spiro atoms. The average Bonchev–Trinajstić information content (AvgIpc) is 2.91. The SMILES string of the molecule is O=c1[nH]c(=O)c2[nH]c(-c3ccc4c(c3)CCCN4)nc2[nH]1. The molecule has 3 heterocycles. The maximum atomic E-state index is 11.7. The van der Waals surface area contributed by atoms with Gasteiger partial charge in [-0.05, 0) is 36.6 Å². The van der Waals surface area contributed by atoms with Gasteiger partial charge in [0.1, 0.15) is 11.3 Å². The summed E-state index contributed by atoms with van der Waals surface area (Å²) < 4.78 is 0. The highest BCUT2D eigenvalue weighted by Crippen LogP contribution is 2.27. The van der Waals surface area contributed by atoms with Gasteiger partial charge in [0.2, 0.25) is 0 Å². The van der Waals surface area contributed by atoms with Crippen molar-refractivity contribution in [1.82, 2.24) is 19.9 Å². The van der Waals surface area contributed by atoms with Crippen molar-refractivity contribution in [3.05, 3.63) is 44.6 Å². The summed E-state index contributed by atoms with van der Waals surface area (Å²) >= 11 is 0. The first-order valence-electron chi connectivity index (χ1n) is 6.80. The van der Waals surface area contributed by atoms with Crippen LogP contribution in [-0.4, -0.2) is 26.5 Å². The fourth-order valence-corrected chi connectivity index (χ4v) is 2.69. The molecule has 7 heteroatoms. The van der Waals surface area contributed by atoms with Gasteiger partial charge in [-0.2, -0.15) is 0 Å². The summed E-state index contributed by atoms with van der Waals surface area (Å²) in [7, 11) is 0. The van der Waals surface area contributed by atoms with E-state index in [0.717, 1.165) is 30.6 Å². The number of H-pyrrole nitrogens is 3. The Labute approximate surface area is 118 Å². The minimum Gasteiger partial charge on any atom is -0.385 e. The fraction of sp³-hybridized carbons (Fsp3) is 0.214. The number of nitrogens with one attached hydrogen (secondary N) is 4. The van der Waals surface area contributed by atoms with E-state index in [1.54, 1.807) is 0 Å². The summed E-state index contributed by atoms with van der Waals surface area (Å²) in [4.78, 5) is 35.0. The molecule has 0 aliphatic carbocycles. The summed E-state index contributed by atoms with van der Waals surface area (Å²) in [5, 5.41) is 3.35. The Hall–Kier alpha value is -2.83. The molecular formula is C14H13N5O2. The highest BCUT2D eigenvalue weighted by molar-refractivity contribution is 5.75. The first kappa shape index (κ1) is 12.0. The number of nitrogens with zero attached hydrogens (tertiary/aromatic N) is 1. The molecule has 2 aromatic heterocycles. The van der Waals surface area contributed by atoms with Gasteiger partial charge in [-0.25, -0.2) is 9.78 Å². The number of hydrogen-bond donors (Lipinski definition) is 4. The standard InChI is InChI=1S/C14H13N5O2/c20-13-10-12(18-14(21)19-13)17-11(16-10)8-3-4-9-7(6-8)2-1-5-15-9/h3-4,6,15H,1-2,5H2,(H3,16,17,18,19,20,21). The Morgan fingerprint density at radius 2 is 2.00 bits per heavy atom. The Balaban J connectivity index is 1.88. The molecule has 0 saturated heterocycles. The van der Waals surface area contributed by atoms with Crippen molar-refractivity contribution < 1.29 is 0 Å². The topological polar surface area (TPSA) is 106 Å². The first-order chi connectivity index (χ1) is 10.2. The normalized spacial score (nSPS) is 13.9. The van der Waals surface area contributed by atoms with Gasteiger partial charge in [-0.1, -0.05) is 0 Å². The van der Waals surface area contributed by atoms with Crippen LogP contribution in [0, 0.1) is 0 Å². The molecule has 0 amide bonds. The van der Waals surface area contributed by atoms with Crippen molar-refractivity contribution >= 4 is 16.9 Å². The smallest absolute Gasteiger partial charge is 0.327 e. The van der Waals surface area contributed by atoms with E-state index in [2.05, 4.69) is 31.3 Å². The third-order valence-electron chi connectivity index (χ3n) is 3.71. The van der Waals surface area contributed by atoms with Gasteiger partial charge in [-0.15, -0.1) is 0 Å². The molecular weight excluding hydrogens is 270 g/mol. The van der Waals surface area contributed by atoms with Crippen LogP contribution in [0.2, 0.25) is 0 Å². The van der Waals surface area contributed by atoms with Gasteiger partial charge in [0.25, 0.3) is 5.56 Å². The molecule has 0 radical (unpaired) electrons. The van der Waals surface area contributed by atoms with Crippen molar-refractivity contribution in [3.63, 3.8) is 0 Å². The van der Waals surface area contributed by atoms with Crippen LogP contribution in [0.4, 0.5) is 5.69 Å². The molecule has 0 unspecified atom stereocenters. The van der Waals surface area contributed by atoms with Gasteiger partial charge in [-0.3, -0.25) is 14.8 Å². The van der Waals surface area contributed by atoms with Crippen LogP contribution >= 0.6 is 0 Å². The molecule has 1 aromatic carbocycles. The highest BCUT2D eigenvalue weighted by atomic mass is 16.2. The number of hydrogen-bond acceptors (Lipinski definition) is 4. The van der Waals surface area contributed by atoms with E-state index in [-0.39, 0.29) is 11.2 Å². The van der Waals surface area contributed by atoms with Crippen LogP contribution in [0.15, 0.2) is 27.8 Å². The number of imidazole rings is 1. The van der Waals surface area contributed by atoms with E-state index < -0.39 is 11.2 Å². The second-order valence-electron chi connectivity index (χ2n) is 5.12. The predicted octanol–water partition coefficient (Wildman–Crippen LogP) is 0.965. The van der Waals surface area contributed by atoms with Crippen LogP contribution in [0.3, 0.4) is 0 Å². The van der Waals surface area contributed by atoms with E-state index in [0.29, 0.717) is 5.82 Å². The lowest BCUT2D eigenvalue weighted by molar-refractivity contribution is 0.830. The number of benzene rings is 1. The van der Waals surface area contributed by atoms with E-state index >= 15 is 0 Å². The Bertz CT molecular complexity index is 950. The minimum absolute atomic E-state index is 0.273. The Kier molecular flexibility index (Phi) is 2.47. The van der Waals surface area contributed by atoms with E-state index in [4.69, 9.17) is 0 Å². The molecule has 4 rings (SSSR count). The summed E-state index contributed by atoms with van der Waals surface area (Å²) in [5.41, 5.74) is 2.81. The summed E-state index contributed by atoms with van der Waals surface area (Å²) in [6, 6.07) is 6.02. The molecule has 1 aliphatic rings. The molecule has 0 saturated carbocycles. The van der Waals surface area contributed by atoms with Crippen LogP contribution in [0.5, 0.6) is 0 Å². The van der Waals surface area contributed by atoms with Crippen molar-refractivity contribution in [2.75, 3.05) is 11.9 Å². The largest absolute Gasteiger partial charge is 0.385 e. The lowest BCUT2D eigenvalue weighted by atomic mass is 10.0. The number of aryl methyl sites for hydroxylation is 1. The highest BCUT2D eigenvalue weighted by Gasteiger charge is 2.13. The van der Waals surface area contributed by atoms with Crippen molar-refractivity contribution in [2.45, 2.75) is 12.8 Å².